The number of rotatable bonds is 5. The SMILES string of the molecule is O[C@@H]1CN(Cc2nnc(-c3ccccc3)o2)CC[C@H]1Oc1cccc2cnccc12. The van der Waals surface area contributed by atoms with Gasteiger partial charge in [-0.2, -0.15) is 0 Å². The Labute approximate surface area is 174 Å². The van der Waals surface area contributed by atoms with Crippen LogP contribution in [0.5, 0.6) is 5.75 Å². The molecule has 4 aromatic rings. The first-order valence-electron chi connectivity index (χ1n) is 10.0. The van der Waals surface area contributed by atoms with Crippen molar-refractivity contribution in [3.8, 4) is 17.2 Å². The number of β-amino-alcohol motifs (C(OH)–C–C–N with tert-alkyl or cyclic N) is 1. The number of piperidine rings is 1. The average molecular weight is 402 g/mol. The third-order valence-electron chi connectivity index (χ3n) is 5.37. The lowest BCUT2D eigenvalue weighted by atomic mass is 10.0. The summed E-state index contributed by atoms with van der Waals surface area (Å²) in [6.07, 6.45) is 3.41. The lowest BCUT2D eigenvalue weighted by Crippen LogP contribution is -2.48. The Morgan fingerprint density at radius 3 is 2.83 bits per heavy atom. The van der Waals surface area contributed by atoms with Gasteiger partial charge in [0.15, 0.2) is 0 Å². The van der Waals surface area contributed by atoms with Gasteiger partial charge in [0.1, 0.15) is 18.0 Å². The molecule has 0 amide bonds. The summed E-state index contributed by atoms with van der Waals surface area (Å²) < 4.78 is 12.0. The number of aliphatic hydroxyl groups excluding tert-OH is 1. The van der Waals surface area contributed by atoms with E-state index in [1.54, 1.807) is 6.20 Å². The zero-order valence-corrected chi connectivity index (χ0v) is 16.4. The van der Waals surface area contributed by atoms with Gasteiger partial charge in [0.05, 0.1) is 6.54 Å². The fourth-order valence-electron chi connectivity index (χ4n) is 3.82. The van der Waals surface area contributed by atoms with E-state index in [2.05, 4.69) is 20.1 Å². The minimum Gasteiger partial charge on any atom is -0.487 e. The minimum absolute atomic E-state index is 0.261. The van der Waals surface area contributed by atoms with Crippen molar-refractivity contribution in [3.63, 3.8) is 0 Å². The first-order chi connectivity index (χ1) is 14.8. The summed E-state index contributed by atoms with van der Waals surface area (Å²) in [5.41, 5.74) is 0.897. The van der Waals surface area contributed by atoms with Crippen molar-refractivity contribution in [1.29, 1.82) is 0 Å². The molecule has 7 nitrogen and oxygen atoms in total. The molecule has 1 N–H and O–H groups in total. The number of nitrogens with zero attached hydrogens (tertiary/aromatic N) is 4. The van der Waals surface area contributed by atoms with Gasteiger partial charge < -0.3 is 14.3 Å². The van der Waals surface area contributed by atoms with Crippen molar-refractivity contribution in [2.45, 2.75) is 25.2 Å². The zero-order chi connectivity index (χ0) is 20.3. The van der Waals surface area contributed by atoms with Gasteiger partial charge in [0.2, 0.25) is 11.8 Å². The van der Waals surface area contributed by atoms with Crippen molar-refractivity contribution in [1.82, 2.24) is 20.1 Å². The van der Waals surface area contributed by atoms with Crippen molar-refractivity contribution in [3.05, 3.63) is 72.9 Å². The molecule has 5 rings (SSSR count). The predicted octanol–water partition coefficient (Wildman–Crippen LogP) is 3.30. The number of pyridine rings is 1. The third kappa shape index (κ3) is 3.90. The Morgan fingerprint density at radius 2 is 1.97 bits per heavy atom. The van der Waals surface area contributed by atoms with Crippen LogP contribution in [0.15, 0.2) is 71.4 Å². The van der Waals surface area contributed by atoms with E-state index in [0.717, 1.165) is 28.6 Å². The normalized spacial score (nSPS) is 19.8. The van der Waals surface area contributed by atoms with Gasteiger partial charge in [-0.15, -0.1) is 10.2 Å². The maximum Gasteiger partial charge on any atom is 0.247 e. The molecular formula is C23H22N4O3. The second-order valence-electron chi connectivity index (χ2n) is 7.47. The molecule has 3 heterocycles. The quantitative estimate of drug-likeness (QED) is 0.548. The summed E-state index contributed by atoms with van der Waals surface area (Å²) in [6.45, 7) is 1.76. The molecular weight excluding hydrogens is 380 g/mol. The fourth-order valence-corrected chi connectivity index (χ4v) is 3.82. The highest BCUT2D eigenvalue weighted by atomic mass is 16.5. The molecule has 1 saturated heterocycles. The van der Waals surface area contributed by atoms with E-state index in [4.69, 9.17) is 9.15 Å². The van der Waals surface area contributed by atoms with Gasteiger partial charge >= 0.3 is 0 Å². The second kappa shape index (κ2) is 8.22. The van der Waals surface area contributed by atoms with Crippen LogP contribution in [0, 0.1) is 0 Å². The van der Waals surface area contributed by atoms with Gasteiger partial charge in [-0.1, -0.05) is 30.3 Å². The number of aliphatic hydroxyl groups is 1. The number of likely N-dealkylation sites (tertiary alicyclic amines) is 1. The molecule has 0 radical (unpaired) electrons. The van der Waals surface area contributed by atoms with Crippen molar-refractivity contribution < 1.29 is 14.3 Å². The molecule has 1 fully saturated rings. The molecule has 0 unspecified atom stereocenters. The molecule has 7 heteroatoms. The molecule has 0 saturated carbocycles. The Morgan fingerprint density at radius 1 is 1.07 bits per heavy atom. The van der Waals surface area contributed by atoms with Crippen LogP contribution < -0.4 is 4.74 Å². The molecule has 0 aliphatic carbocycles. The topological polar surface area (TPSA) is 84.5 Å². The van der Waals surface area contributed by atoms with Crippen LogP contribution in [0.2, 0.25) is 0 Å². The summed E-state index contributed by atoms with van der Waals surface area (Å²) in [4.78, 5) is 6.27. The van der Waals surface area contributed by atoms with Gasteiger partial charge in [-0.3, -0.25) is 9.88 Å². The molecule has 2 atom stereocenters. The van der Waals surface area contributed by atoms with Gasteiger partial charge in [-0.25, -0.2) is 0 Å². The predicted molar refractivity (Wildman–Crippen MR) is 112 cm³/mol. The summed E-state index contributed by atoms with van der Waals surface area (Å²) in [5, 5.41) is 21.0. The highest BCUT2D eigenvalue weighted by Gasteiger charge is 2.30. The van der Waals surface area contributed by atoms with Crippen LogP contribution in [0.4, 0.5) is 0 Å². The largest absolute Gasteiger partial charge is 0.487 e. The molecule has 1 aliphatic heterocycles. The fraction of sp³-hybridized carbons (Fsp3) is 0.261. The number of ether oxygens (including phenoxy) is 1. The van der Waals surface area contributed by atoms with E-state index in [9.17, 15) is 5.11 Å². The second-order valence-corrected chi connectivity index (χ2v) is 7.47. The van der Waals surface area contributed by atoms with Crippen molar-refractivity contribution in [2.75, 3.05) is 13.1 Å². The number of hydrogen-bond acceptors (Lipinski definition) is 7. The Hall–Kier alpha value is -3.29. The lowest BCUT2D eigenvalue weighted by Gasteiger charge is -2.35. The van der Waals surface area contributed by atoms with Crippen molar-refractivity contribution >= 4 is 10.8 Å². The Kier molecular flexibility index (Phi) is 5.13. The zero-order valence-electron chi connectivity index (χ0n) is 16.4. The average Bonchev–Trinajstić information content (AvgIpc) is 3.25. The lowest BCUT2D eigenvalue weighted by molar-refractivity contribution is -0.0286. The molecule has 2 aromatic carbocycles. The molecule has 0 spiro atoms. The van der Waals surface area contributed by atoms with Crippen molar-refractivity contribution in [2.24, 2.45) is 0 Å². The number of fused-ring (bicyclic) bond motifs is 1. The first-order valence-corrected chi connectivity index (χ1v) is 10.0. The van der Waals surface area contributed by atoms with E-state index in [1.807, 2.05) is 60.8 Å². The smallest absolute Gasteiger partial charge is 0.247 e. The summed E-state index contributed by atoms with van der Waals surface area (Å²) >= 11 is 0. The third-order valence-corrected chi connectivity index (χ3v) is 5.37. The summed E-state index contributed by atoms with van der Waals surface area (Å²) in [5.74, 6) is 1.83. The van der Waals surface area contributed by atoms with E-state index in [1.165, 1.54) is 0 Å². The Balaban J connectivity index is 1.22. The Bertz CT molecular complexity index is 1130. The van der Waals surface area contributed by atoms with Crippen LogP contribution in [0.1, 0.15) is 12.3 Å². The van der Waals surface area contributed by atoms with Crippen LogP contribution in [-0.4, -0.2) is 50.5 Å². The first kappa shape index (κ1) is 18.7. The standard InChI is InChI=1S/C23H22N4O3/c28-19-14-27(15-22-25-26-23(30-22)16-5-2-1-3-6-16)12-10-21(19)29-20-8-4-7-17-13-24-11-9-18(17)20/h1-9,11,13,19,21,28H,10,12,14-15H2/t19-,21-/m1/s1. The van der Waals surface area contributed by atoms with Gasteiger partial charge in [-0.05, 0) is 30.7 Å². The van der Waals surface area contributed by atoms with Gasteiger partial charge in [0.25, 0.3) is 0 Å². The van der Waals surface area contributed by atoms with Crippen LogP contribution >= 0.6 is 0 Å². The maximum atomic E-state index is 10.7. The minimum atomic E-state index is -0.604. The van der Waals surface area contributed by atoms with E-state index < -0.39 is 6.10 Å². The summed E-state index contributed by atoms with van der Waals surface area (Å²) in [6, 6.07) is 17.5. The van der Waals surface area contributed by atoms with E-state index in [0.29, 0.717) is 31.3 Å². The van der Waals surface area contributed by atoms with Crippen LogP contribution in [0.3, 0.4) is 0 Å². The van der Waals surface area contributed by atoms with Crippen LogP contribution in [-0.2, 0) is 6.54 Å². The molecule has 152 valence electrons. The monoisotopic (exact) mass is 402 g/mol. The highest BCUT2D eigenvalue weighted by molar-refractivity contribution is 5.87. The number of aromatic nitrogens is 3. The van der Waals surface area contributed by atoms with E-state index >= 15 is 0 Å². The molecule has 1 aliphatic rings. The van der Waals surface area contributed by atoms with Gasteiger partial charge in [0, 0.05) is 41.8 Å². The highest BCUT2D eigenvalue weighted by Crippen LogP contribution is 2.28. The number of benzene rings is 2. The number of hydrogen-bond donors (Lipinski definition) is 1. The molecule has 0 bridgehead atoms. The van der Waals surface area contributed by atoms with E-state index in [-0.39, 0.29) is 6.10 Å². The molecule has 2 aromatic heterocycles. The molecule has 30 heavy (non-hydrogen) atoms. The van der Waals surface area contributed by atoms with Crippen LogP contribution in [0.25, 0.3) is 22.2 Å². The summed E-state index contributed by atoms with van der Waals surface area (Å²) in [7, 11) is 0. The maximum absolute atomic E-state index is 10.7.